The van der Waals surface area contributed by atoms with E-state index in [1.807, 2.05) is 0 Å². The van der Waals surface area contributed by atoms with Gasteiger partial charge in [0.25, 0.3) is 0 Å². The molecule has 47 heavy (non-hydrogen) atoms. The maximum atomic E-state index is 6.68. The lowest BCUT2D eigenvalue weighted by Gasteiger charge is -2.29. The van der Waals surface area contributed by atoms with Crippen molar-refractivity contribution >= 4 is 0 Å². The van der Waals surface area contributed by atoms with Crippen LogP contribution in [0.5, 0.6) is 0 Å². The van der Waals surface area contributed by atoms with Gasteiger partial charge in [-0.15, -0.1) is 0 Å². The van der Waals surface area contributed by atoms with Crippen LogP contribution in [0.25, 0.3) is 0 Å². The van der Waals surface area contributed by atoms with E-state index in [1.54, 1.807) is 0 Å². The molecule has 0 aromatic rings. The first-order valence-electron chi connectivity index (χ1n) is 20.7. The fourth-order valence-corrected chi connectivity index (χ4v) is 6.49. The molecule has 2 unspecified atom stereocenters. The van der Waals surface area contributed by atoms with Gasteiger partial charge in [-0.2, -0.15) is 0 Å². The van der Waals surface area contributed by atoms with Gasteiger partial charge in [0.15, 0.2) is 5.79 Å². The highest BCUT2D eigenvalue weighted by Crippen LogP contribution is 2.35. The number of nitrogens with zero attached hydrogens (tertiary/aromatic N) is 1. The number of ether oxygens (including phenoxy) is 2. The van der Waals surface area contributed by atoms with Crippen molar-refractivity contribution in [1.29, 1.82) is 0 Å². The van der Waals surface area contributed by atoms with Crippen molar-refractivity contribution < 1.29 is 9.47 Å². The smallest absolute Gasteiger partial charge is 0.168 e. The van der Waals surface area contributed by atoms with E-state index in [2.05, 4.69) is 81.5 Å². The average Bonchev–Trinajstić information content (AvgIpc) is 3.48. The van der Waals surface area contributed by atoms with Crippen molar-refractivity contribution in [1.82, 2.24) is 4.90 Å². The SMILES string of the molecule is CCCCCC=CCC=CCCCCCCCCC1(CCCCCCCCC=CCC=CCCCCCC)OCC(CCN(C)C)O1. The minimum absolute atomic E-state index is 0.261. The highest BCUT2D eigenvalue weighted by molar-refractivity contribution is 4.93. The standard InChI is InChI=1S/C44H81NO2/c1-5-7-9-11-13-15-17-19-21-23-25-27-29-31-33-35-37-40-44(46-42-43(47-44)38-41-45(3)4)39-36-34-32-30-28-26-24-22-20-18-16-14-12-10-8-6-2/h14-17,20-23,43H,5-13,18-19,24-42H2,1-4H3. The van der Waals surface area contributed by atoms with E-state index in [0.29, 0.717) is 0 Å². The maximum absolute atomic E-state index is 6.68. The number of allylic oxidation sites excluding steroid dienone is 8. The Labute approximate surface area is 295 Å². The summed E-state index contributed by atoms with van der Waals surface area (Å²) < 4.78 is 13.2. The van der Waals surface area contributed by atoms with Crippen LogP contribution in [0.4, 0.5) is 0 Å². The van der Waals surface area contributed by atoms with Gasteiger partial charge in [-0.25, -0.2) is 0 Å². The zero-order valence-corrected chi connectivity index (χ0v) is 32.2. The summed E-state index contributed by atoms with van der Waals surface area (Å²) >= 11 is 0. The predicted molar refractivity (Wildman–Crippen MR) is 209 cm³/mol. The van der Waals surface area contributed by atoms with Crippen LogP contribution in [-0.2, 0) is 9.47 Å². The molecule has 0 aromatic carbocycles. The first-order chi connectivity index (χ1) is 23.1. The van der Waals surface area contributed by atoms with E-state index in [9.17, 15) is 0 Å². The molecule has 3 heteroatoms. The Balaban J connectivity index is 2.15. The van der Waals surface area contributed by atoms with Gasteiger partial charge in [0.1, 0.15) is 0 Å². The average molecular weight is 656 g/mol. The van der Waals surface area contributed by atoms with Crippen molar-refractivity contribution in [2.45, 2.75) is 206 Å². The molecular weight excluding hydrogens is 574 g/mol. The Hall–Kier alpha value is -1.16. The molecule has 0 bridgehead atoms. The Bertz CT molecular complexity index is 769. The lowest BCUT2D eigenvalue weighted by atomic mass is 9.98. The highest BCUT2D eigenvalue weighted by Gasteiger charge is 2.40. The third-order valence-electron chi connectivity index (χ3n) is 9.58. The molecule has 274 valence electrons. The van der Waals surface area contributed by atoms with Gasteiger partial charge in [-0.05, 0) is 97.6 Å². The van der Waals surface area contributed by atoms with Crippen LogP contribution in [-0.4, -0.2) is 44.0 Å². The lowest BCUT2D eigenvalue weighted by Crippen LogP contribution is -2.31. The Morgan fingerprint density at radius 2 is 0.894 bits per heavy atom. The molecule has 1 saturated heterocycles. The maximum Gasteiger partial charge on any atom is 0.168 e. The molecule has 0 radical (unpaired) electrons. The topological polar surface area (TPSA) is 21.7 Å². The molecule has 2 atom stereocenters. The second-order valence-electron chi connectivity index (χ2n) is 14.6. The van der Waals surface area contributed by atoms with Gasteiger partial charge in [0.2, 0.25) is 0 Å². The number of rotatable bonds is 34. The summed E-state index contributed by atoms with van der Waals surface area (Å²) in [6.07, 6.45) is 54.8. The van der Waals surface area contributed by atoms with Crippen molar-refractivity contribution in [3.63, 3.8) is 0 Å². The second-order valence-corrected chi connectivity index (χ2v) is 14.6. The molecule has 0 N–H and O–H groups in total. The minimum atomic E-state index is -0.318. The molecule has 0 aliphatic carbocycles. The minimum Gasteiger partial charge on any atom is -0.347 e. The molecule has 1 fully saturated rings. The van der Waals surface area contributed by atoms with Gasteiger partial charge >= 0.3 is 0 Å². The Morgan fingerprint density at radius 1 is 0.511 bits per heavy atom. The van der Waals surface area contributed by atoms with Gasteiger partial charge in [-0.1, -0.05) is 146 Å². The first kappa shape index (κ1) is 43.9. The van der Waals surface area contributed by atoms with Gasteiger partial charge in [0, 0.05) is 19.4 Å². The molecule has 1 aliphatic heterocycles. The summed E-state index contributed by atoms with van der Waals surface area (Å²) in [6.45, 7) is 6.39. The van der Waals surface area contributed by atoms with Crippen LogP contribution in [0.15, 0.2) is 48.6 Å². The van der Waals surface area contributed by atoms with Crippen molar-refractivity contribution in [2.75, 3.05) is 27.2 Å². The monoisotopic (exact) mass is 656 g/mol. The normalized spacial score (nSPS) is 18.9. The van der Waals surface area contributed by atoms with Crippen molar-refractivity contribution in [3.05, 3.63) is 48.6 Å². The zero-order valence-electron chi connectivity index (χ0n) is 32.2. The van der Waals surface area contributed by atoms with E-state index in [4.69, 9.17) is 9.47 Å². The molecule has 1 heterocycles. The van der Waals surface area contributed by atoms with Crippen LogP contribution >= 0.6 is 0 Å². The molecule has 0 saturated carbocycles. The van der Waals surface area contributed by atoms with Crippen LogP contribution in [0.2, 0.25) is 0 Å². The second kappa shape index (κ2) is 33.3. The van der Waals surface area contributed by atoms with Crippen LogP contribution in [0.3, 0.4) is 0 Å². The molecule has 1 rings (SSSR count). The van der Waals surface area contributed by atoms with E-state index in [-0.39, 0.29) is 11.9 Å². The summed E-state index contributed by atoms with van der Waals surface area (Å²) in [5.74, 6) is -0.318. The van der Waals surface area contributed by atoms with E-state index >= 15 is 0 Å². The molecule has 1 aliphatic rings. The fraction of sp³-hybridized carbons (Fsp3) is 0.818. The zero-order chi connectivity index (χ0) is 33.9. The van der Waals surface area contributed by atoms with Crippen LogP contribution in [0.1, 0.15) is 194 Å². The summed E-state index contributed by atoms with van der Waals surface area (Å²) in [6, 6.07) is 0. The summed E-state index contributed by atoms with van der Waals surface area (Å²) in [4.78, 5) is 2.26. The summed E-state index contributed by atoms with van der Waals surface area (Å²) in [5.41, 5.74) is 0. The van der Waals surface area contributed by atoms with Gasteiger partial charge < -0.3 is 14.4 Å². The number of unbranched alkanes of at least 4 members (excludes halogenated alkanes) is 19. The lowest BCUT2D eigenvalue weighted by molar-refractivity contribution is -0.180. The van der Waals surface area contributed by atoms with E-state index in [1.165, 1.54) is 148 Å². The third kappa shape index (κ3) is 28.4. The van der Waals surface area contributed by atoms with Gasteiger partial charge in [0.05, 0.1) is 12.7 Å². The molecule has 0 amide bonds. The molecule has 3 nitrogen and oxygen atoms in total. The predicted octanol–water partition coefficient (Wildman–Crippen LogP) is 13.8. The van der Waals surface area contributed by atoms with Crippen LogP contribution < -0.4 is 0 Å². The van der Waals surface area contributed by atoms with E-state index < -0.39 is 0 Å². The molecular formula is C44H81NO2. The first-order valence-corrected chi connectivity index (χ1v) is 20.7. The van der Waals surface area contributed by atoms with Gasteiger partial charge in [-0.3, -0.25) is 0 Å². The summed E-state index contributed by atoms with van der Waals surface area (Å²) in [7, 11) is 4.30. The molecule has 0 spiro atoms. The summed E-state index contributed by atoms with van der Waals surface area (Å²) in [5, 5.41) is 0. The Kier molecular flexibility index (Phi) is 31.1. The fourth-order valence-electron chi connectivity index (χ4n) is 6.49. The quantitative estimate of drug-likeness (QED) is 0.0508. The third-order valence-corrected chi connectivity index (χ3v) is 9.58. The van der Waals surface area contributed by atoms with Crippen molar-refractivity contribution in [3.8, 4) is 0 Å². The molecule has 0 aromatic heterocycles. The van der Waals surface area contributed by atoms with Crippen molar-refractivity contribution in [2.24, 2.45) is 0 Å². The van der Waals surface area contributed by atoms with E-state index in [0.717, 1.165) is 45.3 Å². The Morgan fingerprint density at radius 3 is 1.34 bits per heavy atom. The highest BCUT2D eigenvalue weighted by atomic mass is 16.7. The van der Waals surface area contributed by atoms with Crippen LogP contribution in [0, 0.1) is 0 Å². The largest absolute Gasteiger partial charge is 0.347 e. The number of hydrogen-bond acceptors (Lipinski definition) is 3. The number of hydrogen-bond donors (Lipinski definition) is 0.